The Hall–Kier alpha value is -0.0300. The van der Waals surface area contributed by atoms with Gasteiger partial charge in [0.2, 0.25) is 0 Å². The number of methoxy groups -OCH3 is 1. The minimum atomic E-state index is -0.591. The zero-order valence-electron chi connectivity index (χ0n) is 3.66. The molecule has 0 heterocycles. The lowest BCUT2D eigenvalue weighted by Gasteiger charge is -2.02. The van der Waals surface area contributed by atoms with Crippen LogP contribution in [-0.4, -0.2) is 16.9 Å². The molecule has 0 radical (unpaired) electrons. The number of carbonyl (C=O) groups excluding carboxylic acids is 1. The molecule has 0 N–H and O–H groups in total. The summed E-state index contributed by atoms with van der Waals surface area (Å²) in [5, 5.41) is 0. The summed E-state index contributed by atoms with van der Waals surface area (Å²) in [5.41, 5.74) is 0. The summed E-state index contributed by atoms with van der Waals surface area (Å²) in [5.74, 6) is 0. The Morgan fingerprint density at radius 2 is 2.14 bits per heavy atom. The van der Waals surface area contributed by atoms with Crippen molar-refractivity contribution in [3.8, 4) is 0 Å². The third-order valence-corrected chi connectivity index (χ3v) is 0.665. The van der Waals surface area contributed by atoms with E-state index in [0.717, 1.165) is 3.71 Å². The van der Waals surface area contributed by atoms with Gasteiger partial charge in [-0.25, -0.2) is 4.79 Å². The van der Waals surface area contributed by atoms with E-state index < -0.39 is 6.09 Å². The van der Waals surface area contributed by atoms with E-state index in [-0.39, 0.29) is 0 Å². The predicted molar refractivity (Wildman–Crippen MR) is 32.2 cm³/mol. The molecule has 42 valence electrons. The first-order valence-corrected chi connectivity index (χ1v) is 2.24. The third kappa shape index (κ3) is 2.64. The first-order valence-electron chi connectivity index (χ1n) is 1.44. The average molecular weight is 139 g/mol. The monoisotopic (exact) mass is 139 g/mol. The van der Waals surface area contributed by atoms with Crippen LogP contribution in [0.4, 0.5) is 4.79 Å². The molecule has 1 amide bonds. The van der Waals surface area contributed by atoms with E-state index in [1.165, 1.54) is 7.11 Å². The molecule has 0 atom stereocenters. The largest absolute Gasteiger partial charge is 0.452 e. The molecule has 0 aromatic heterocycles. The van der Waals surface area contributed by atoms with Gasteiger partial charge in [0.1, 0.15) is 0 Å². The van der Waals surface area contributed by atoms with Crippen LogP contribution in [0.2, 0.25) is 0 Å². The van der Waals surface area contributed by atoms with Gasteiger partial charge in [0.05, 0.1) is 7.11 Å². The number of hydrogen-bond acceptors (Lipinski definition) is 4. The van der Waals surface area contributed by atoms with Gasteiger partial charge in [-0.15, -0.1) is 0 Å². The van der Waals surface area contributed by atoms with Crippen molar-refractivity contribution in [2.75, 3.05) is 7.11 Å². The van der Waals surface area contributed by atoms with Gasteiger partial charge in [-0.3, -0.25) is 0 Å². The predicted octanol–water partition coefficient (Wildman–Crippen LogP) is 0.744. The second-order valence-corrected chi connectivity index (χ2v) is 1.88. The van der Waals surface area contributed by atoms with Crippen molar-refractivity contribution in [2.45, 2.75) is 0 Å². The van der Waals surface area contributed by atoms with Crippen molar-refractivity contribution >= 4 is 31.7 Å². The maximum atomic E-state index is 10.1. The van der Waals surface area contributed by atoms with Crippen LogP contribution in [0.15, 0.2) is 0 Å². The molecule has 3 nitrogen and oxygen atoms in total. The Labute approximate surface area is 52.7 Å². The fraction of sp³-hybridized carbons (Fsp3) is 0.500. The molecule has 0 fully saturated rings. The van der Waals surface area contributed by atoms with Crippen molar-refractivity contribution in [3.05, 3.63) is 0 Å². The molecule has 0 aromatic carbocycles. The summed E-state index contributed by atoms with van der Waals surface area (Å²) in [7, 11) is 1.25. The van der Waals surface area contributed by atoms with E-state index in [0.29, 0.717) is 0 Å². The summed E-state index contributed by atoms with van der Waals surface area (Å²) in [4.78, 5) is 10.1. The second-order valence-electron chi connectivity index (χ2n) is 0.759. The number of amides is 1. The van der Waals surface area contributed by atoms with Gasteiger partial charge >= 0.3 is 6.09 Å². The molecule has 0 rings (SSSR count). The van der Waals surface area contributed by atoms with Crippen LogP contribution in [0, 0.1) is 0 Å². The highest BCUT2D eigenvalue weighted by atomic mass is 32.2. The maximum absolute atomic E-state index is 10.1. The Morgan fingerprint density at radius 3 is 2.14 bits per heavy atom. The molecule has 0 aliphatic heterocycles. The highest BCUT2D eigenvalue weighted by Gasteiger charge is 2.00. The molecule has 0 aliphatic rings. The Morgan fingerprint density at radius 1 is 1.71 bits per heavy atom. The summed E-state index contributed by atoms with van der Waals surface area (Å²) in [6, 6.07) is 0. The van der Waals surface area contributed by atoms with Gasteiger partial charge in [0, 0.05) is 0 Å². The van der Waals surface area contributed by atoms with Crippen LogP contribution >= 0.6 is 25.6 Å². The average Bonchev–Trinajstić information content (AvgIpc) is 1.65. The van der Waals surface area contributed by atoms with Gasteiger partial charge < -0.3 is 4.74 Å². The van der Waals surface area contributed by atoms with E-state index in [2.05, 4.69) is 30.4 Å². The fourth-order valence-corrected chi connectivity index (χ4v) is 0.245. The minimum absolute atomic E-state index is 0.591. The summed E-state index contributed by atoms with van der Waals surface area (Å²) < 4.78 is 4.90. The zero-order valence-corrected chi connectivity index (χ0v) is 5.45. The van der Waals surface area contributed by atoms with E-state index in [1.54, 1.807) is 0 Å². The highest BCUT2D eigenvalue weighted by molar-refractivity contribution is 7.94. The van der Waals surface area contributed by atoms with E-state index in [4.69, 9.17) is 0 Å². The van der Waals surface area contributed by atoms with Crippen LogP contribution in [0.1, 0.15) is 0 Å². The smallest absolute Gasteiger partial charge is 0.429 e. The lowest BCUT2D eigenvalue weighted by molar-refractivity contribution is 0.167. The topological polar surface area (TPSA) is 29.5 Å². The molecule has 0 bridgehead atoms. The first-order chi connectivity index (χ1) is 3.18. The molecule has 7 heavy (non-hydrogen) atoms. The molecule has 0 spiro atoms. The molecule has 0 aliphatic carbocycles. The van der Waals surface area contributed by atoms with Gasteiger partial charge in [0.15, 0.2) is 0 Å². The first kappa shape index (κ1) is 6.97. The Kier molecular flexibility index (Phi) is 3.02. The van der Waals surface area contributed by atoms with Crippen molar-refractivity contribution < 1.29 is 9.53 Å². The molecule has 0 unspecified atom stereocenters. The molecule has 5 heteroatoms. The van der Waals surface area contributed by atoms with Crippen molar-refractivity contribution in [1.29, 1.82) is 0 Å². The number of rotatable bonds is 0. The van der Waals surface area contributed by atoms with Crippen molar-refractivity contribution in [3.63, 3.8) is 0 Å². The highest BCUT2D eigenvalue weighted by Crippen LogP contribution is 1.98. The maximum Gasteiger partial charge on any atom is 0.429 e. The SMILES string of the molecule is COC(=O)N(S)S. The molecule has 0 saturated heterocycles. The van der Waals surface area contributed by atoms with E-state index >= 15 is 0 Å². The molecular weight excluding hydrogens is 134 g/mol. The minimum Gasteiger partial charge on any atom is -0.452 e. The number of nitrogens with zero attached hydrogens (tertiary/aromatic N) is 1. The second kappa shape index (κ2) is 3.04. The Balaban J connectivity index is 3.35. The Bertz CT molecular complexity index is 74.1. The lowest BCUT2D eigenvalue weighted by Crippen LogP contribution is -2.09. The fourth-order valence-electron chi connectivity index (χ4n) is 0.0816. The lowest BCUT2D eigenvalue weighted by atomic mass is 11.2. The van der Waals surface area contributed by atoms with Gasteiger partial charge in [0.25, 0.3) is 0 Å². The third-order valence-electron chi connectivity index (χ3n) is 0.338. The van der Waals surface area contributed by atoms with E-state index in [1.807, 2.05) is 0 Å². The van der Waals surface area contributed by atoms with Crippen LogP contribution in [0.25, 0.3) is 0 Å². The normalized spacial score (nSPS) is 7.86. The summed E-state index contributed by atoms with van der Waals surface area (Å²) in [6.07, 6.45) is -0.591. The summed E-state index contributed by atoms with van der Waals surface area (Å²) in [6.45, 7) is 0. The van der Waals surface area contributed by atoms with Crippen LogP contribution < -0.4 is 0 Å². The standard InChI is InChI=1S/C2H5NO2S2/c1-5-2(4)3(6)7/h6-7H,1H3. The van der Waals surface area contributed by atoms with Crippen LogP contribution in [0.3, 0.4) is 0 Å². The molecular formula is C2H5NO2S2. The van der Waals surface area contributed by atoms with Crippen LogP contribution in [-0.2, 0) is 4.74 Å². The number of thiol groups is 2. The molecule has 0 saturated carbocycles. The van der Waals surface area contributed by atoms with Crippen molar-refractivity contribution in [2.24, 2.45) is 0 Å². The number of carbonyl (C=O) groups is 1. The van der Waals surface area contributed by atoms with Crippen molar-refractivity contribution in [1.82, 2.24) is 3.71 Å². The van der Waals surface area contributed by atoms with Crippen LogP contribution in [0.5, 0.6) is 0 Å². The van der Waals surface area contributed by atoms with E-state index in [9.17, 15) is 4.79 Å². The number of hydrogen-bond donors (Lipinski definition) is 2. The van der Waals surface area contributed by atoms with Gasteiger partial charge in [-0.2, -0.15) is 3.71 Å². The quantitative estimate of drug-likeness (QED) is 0.485. The van der Waals surface area contributed by atoms with Gasteiger partial charge in [-0.1, -0.05) is 0 Å². The summed E-state index contributed by atoms with van der Waals surface area (Å²) >= 11 is 6.99. The van der Waals surface area contributed by atoms with Gasteiger partial charge in [-0.05, 0) is 25.6 Å². The number of ether oxygens (including phenoxy) is 1. The zero-order chi connectivity index (χ0) is 5.86. The molecule has 0 aromatic rings.